The first-order valence-electron chi connectivity index (χ1n) is 10.6. The number of carboxylic acids is 1. The number of aliphatic hydroxyl groups is 1. The molecule has 0 spiro atoms. The van der Waals surface area contributed by atoms with Gasteiger partial charge in [0.1, 0.15) is 12.7 Å². The topological polar surface area (TPSA) is 169 Å². The monoisotopic (exact) mass is 469 g/mol. The number of carbonyl (C=O) groups is 3. The van der Waals surface area contributed by atoms with Gasteiger partial charge in [-0.1, -0.05) is 46.0 Å². The Hall–Kier alpha value is -1.52. The summed E-state index contributed by atoms with van der Waals surface area (Å²) in [6, 6.07) is -1.53. The van der Waals surface area contributed by atoms with Gasteiger partial charge in [-0.15, -0.1) is 0 Å². The number of hydrogen-bond acceptors (Lipinski definition) is 8. The number of hydrogen-bond donors (Lipinski definition) is 4. The zero-order valence-corrected chi connectivity index (χ0v) is 19.2. The van der Waals surface area contributed by atoms with Gasteiger partial charge in [0.15, 0.2) is 6.04 Å². The number of nitrogens with one attached hydrogen (secondary N) is 1. The van der Waals surface area contributed by atoms with Crippen molar-refractivity contribution in [3.05, 3.63) is 0 Å². The van der Waals surface area contributed by atoms with Gasteiger partial charge in [-0.2, -0.15) is 0 Å². The maximum Gasteiger partial charge on any atom is 0.472 e. The fourth-order valence-electron chi connectivity index (χ4n) is 2.35. The van der Waals surface area contributed by atoms with E-state index in [9.17, 15) is 28.9 Å². The molecule has 3 atom stereocenters. The first kappa shape index (κ1) is 29.5. The molecule has 0 bridgehead atoms. The van der Waals surface area contributed by atoms with Crippen molar-refractivity contribution in [2.75, 3.05) is 19.8 Å². The van der Waals surface area contributed by atoms with Crippen molar-refractivity contribution in [1.82, 2.24) is 5.32 Å². The summed E-state index contributed by atoms with van der Waals surface area (Å²) in [4.78, 5) is 44.0. The fourth-order valence-corrected chi connectivity index (χ4v) is 3.12. The fraction of sp³-hybridized carbons (Fsp3) is 0.842. The third kappa shape index (κ3) is 16.8. The number of carboxylic acid groups (broad SMARTS) is 1. The van der Waals surface area contributed by atoms with Crippen LogP contribution in [-0.2, 0) is 32.7 Å². The van der Waals surface area contributed by atoms with Crippen molar-refractivity contribution in [1.29, 1.82) is 0 Å². The Kier molecular flexibility index (Phi) is 16.2. The summed E-state index contributed by atoms with van der Waals surface area (Å²) in [6.45, 7) is 2.07. The van der Waals surface area contributed by atoms with Crippen LogP contribution in [0.3, 0.4) is 0 Å². The first-order chi connectivity index (χ1) is 14.6. The van der Waals surface area contributed by atoms with Crippen LogP contribution in [0.25, 0.3) is 0 Å². The van der Waals surface area contributed by atoms with Crippen LogP contribution >= 0.6 is 7.82 Å². The average molecular weight is 469 g/mol. The second kappa shape index (κ2) is 17.1. The molecule has 0 aliphatic heterocycles. The summed E-state index contributed by atoms with van der Waals surface area (Å²) in [5.74, 6) is -2.44. The van der Waals surface area contributed by atoms with Crippen LogP contribution in [0.4, 0.5) is 0 Å². The van der Waals surface area contributed by atoms with Gasteiger partial charge in [0.2, 0.25) is 5.91 Å². The van der Waals surface area contributed by atoms with E-state index in [1.165, 1.54) is 0 Å². The molecule has 0 aromatic rings. The van der Waals surface area contributed by atoms with Gasteiger partial charge < -0.3 is 25.2 Å². The highest BCUT2D eigenvalue weighted by Gasteiger charge is 2.28. The maximum atomic E-state index is 11.9. The molecular formula is C19H36NO10P. The van der Waals surface area contributed by atoms with Crippen LogP contribution in [-0.4, -0.2) is 64.9 Å². The van der Waals surface area contributed by atoms with Crippen molar-refractivity contribution >= 4 is 25.7 Å². The van der Waals surface area contributed by atoms with Crippen LogP contribution in [0.15, 0.2) is 0 Å². The smallest absolute Gasteiger partial charge is 0.472 e. The zero-order chi connectivity index (χ0) is 23.7. The van der Waals surface area contributed by atoms with Crippen molar-refractivity contribution in [3.63, 3.8) is 0 Å². The Balaban J connectivity index is 4.20. The average Bonchev–Trinajstić information content (AvgIpc) is 2.71. The SMILES string of the molecule is CCCCCCCC(=O)OCC(O)COP(=O)(O)OCC(NC(=O)CCCC)C(=O)O. The van der Waals surface area contributed by atoms with E-state index in [2.05, 4.69) is 21.3 Å². The lowest BCUT2D eigenvalue weighted by molar-refractivity contribution is -0.147. The molecule has 12 heteroatoms. The zero-order valence-electron chi connectivity index (χ0n) is 18.3. The van der Waals surface area contributed by atoms with Crippen molar-refractivity contribution in [2.45, 2.75) is 83.8 Å². The molecule has 11 nitrogen and oxygen atoms in total. The number of amides is 1. The molecular weight excluding hydrogens is 433 g/mol. The van der Waals surface area contributed by atoms with E-state index in [1.807, 2.05) is 6.92 Å². The van der Waals surface area contributed by atoms with Gasteiger partial charge in [-0.3, -0.25) is 18.6 Å². The van der Waals surface area contributed by atoms with Gasteiger partial charge in [-0.25, -0.2) is 9.36 Å². The highest BCUT2D eigenvalue weighted by molar-refractivity contribution is 7.47. The summed E-state index contributed by atoms with van der Waals surface area (Å²) in [5.41, 5.74) is 0. The second-order valence-electron chi connectivity index (χ2n) is 7.12. The highest BCUT2D eigenvalue weighted by atomic mass is 31.2. The molecule has 0 saturated heterocycles. The Labute approximate surface area is 183 Å². The highest BCUT2D eigenvalue weighted by Crippen LogP contribution is 2.43. The molecule has 1 amide bonds. The lowest BCUT2D eigenvalue weighted by atomic mass is 10.1. The molecule has 0 fully saturated rings. The second-order valence-corrected chi connectivity index (χ2v) is 8.58. The number of aliphatic carboxylic acids is 1. The van der Waals surface area contributed by atoms with E-state index in [4.69, 9.17) is 9.84 Å². The predicted molar refractivity (Wildman–Crippen MR) is 111 cm³/mol. The minimum absolute atomic E-state index is 0.122. The third-order valence-electron chi connectivity index (χ3n) is 4.15. The summed E-state index contributed by atoms with van der Waals surface area (Å²) in [6.07, 6.45) is 5.14. The molecule has 0 heterocycles. The molecule has 0 aliphatic rings. The largest absolute Gasteiger partial charge is 0.480 e. The van der Waals surface area contributed by atoms with Crippen molar-refractivity contribution < 1.29 is 47.8 Å². The number of ether oxygens (including phenoxy) is 1. The van der Waals surface area contributed by atoms with Crippen LogP contribution < -0.4 is 5.32 Å². The van der Waals surface area contributed by atoms with E-state index in [0.717, 1.165) is 32.1 Å². The minimum Gasteiger partial charge on any atom is -0.480 e. The molecule has 0 radical (unpaired) electrons. The van der Waals surface area contributed by atoms with E-state index in [1.54, 1.807) is 0 Å². The van der Waals surface area contributed by atoms with E-state index in [-0.39, 0.29) is 12.8 Å². The number of carbonyl (C=O) groups excluding carboxylic acids is 2. The maximum absolute atomic E-state index is 11.9. The number of rotatable bonds is 19. The number of phosphoric ester groups is 1. The number of unbranched alkanes of at least 4 members (excludes halogenated alkanes) is 5. The summed E-state index contributed by atoms with van der Waals surface area (Å²) in [7, 11) is -4.70. The van der Waals surface area contributed by atoms with Gasteiger partial charge in [0.25, 0.3) is 0 Å². The van der Waals surface area contributed by atoms with Crippen LogP contribution in [0, 0.1) is 0 Å². The lowest BCUT2D eigenvalue weighted by Gasteiger charge is -2.18. The number of aliphatic hydroxyl groups excluding tert-OH is 1. The van der Waals surface area contributed by atoms with Crippen LogP contribution in [0.2, 0.25) is 0 Å². The first-order valence-corrected chi connectivity index (χ1v) is 12.1. The molecule has 3 unspecified atom stereocenters. The normalized spacial score (nSPS) is 15.0. The summed E-state index contributed by atoms with van der Waals surface area (Å²) < 4.78 is 25.9. The van der Waals surface area contributed by atoms with E-state index in [0.29, 0.717) is 12.8 Å². The molecule has 182 valence electrons. The summed E-state index contributed by atoms with van der Waals surface area (Å²) >= 11 is 0. The Morgan fingerprint density at radius 3 is 2.13 bits per heavy atom. The van der Waals surface area contributed by atoms with Crippen LogP contribution in [0.5, 0.6) is 0 Å². The molecule has 0 saturated carbocycles. The molecule has 4 N–H and O–H groups in total. The minimum atomic E-state index is -4.70. The Morgan fingerprint density at radius 1 is 0.903 bits per heavy atom. The van der Waals surface area contributed by atoms with Crippen molar-refractivity contribution in [2.24, 2.45) is 0 Å². The van der Waals surface area contributed by atoms with Crippen molar-refractivity contribution in [3.8, 4) is 0 Å². The van der Waals surface area contributed by atoms with Crippen LogP contribution in [0.1, 0.15) is 71.6 Å². The molecule has 31 heavy (non-hydrogen) atoms. The number of phosphoric acid groups is 1. The Bertz CT molecular complexity index is 586. The van der Waals surface area contributed by atoms with Gasteiger partial charge >= 0.3 is 19.8 Å². The lowest BCUT2D eigenvalue weighted by Crippen LogP contribution is -2.43. The quantitative estimate of drug-likeness (QED) is 0.125. The van der Waals surface area contributed by atoms with E-state index >= 15 is 0 Å². The predicted octanol–water partition coefficient (Wildman–Crippen LogP) is 2.14. The van der Waals surface area contributed by atoms with Gasteiger partial charge in [0, 0.05) is 12.8 Å². The third-order valence-corrected chi connectivity index (χ3v) is 5.10. The van der Waals surface area contributed by atoms with E-state index < -0.39 is 57.6 Å². The van der Waals surface area contributed by atoms with Gasteiger partial charge in [0.05, 0.1) is 13.2 Å². The van der Waals surface area contributed by atoms with Gasteiger partial charge in [-0.05, 0) is 12.8 Å². The number of esters is 1. The molecule has 0 rings (SSSR count). The Morgan fingerprint density at radius 2 is 1.52 bits per heavy atom. The molecule has 0 aliphatic carbocycles. The summed E-state index contributed by atoms with van der Waals surface area (Å²) in [5, 5.41) is 21.0. The molecule has 0 aromatic carbocycles. The standard InChI is InChI=1S/C19H36NO10P/c1-3-5-7-8-9-11-18(23)28-12-15(21)13-29-31(26,27)30-14-16(19(24)25)20-17(22)10-6-4-2/h15-16,21H,3-14H2,1-2H3,(H,20,22)(H,24,25)(H,26,27). The molecule has 0 aromatic heterocycles.